The van der Waals surface area contributed by atoms with Crippen LogP contribution in [-0.4, -0.2) is 6.36 Å². The average molecular weight is 357 g/mol. The van der Waals surface area contributed by atoms with Crippen LogP contribution in [0.4, 0.5) is 13.2 Å². The van der Waals surface area contributed by atoms with E-state index in [4.69, 9.17) is 11.6 Å². The molecule has 0 fully saturated rings. The normalized spacial score (nSPS) is 11.8. The molecule has 2 aromatic carbocycles. The highest BCUT2D eigenvalue weighted by molar-refractivity contribution is 6.30. The number of hydrogen-bond donors (Lipinski definition) is 0. The van der Waals surface area contributed by atoms with Crippen LogP contribution in [0.1, 0.15) is 43.7 Å². The molecule has 0 aliphatic carbocycles. The van der Waals surface area contributed by atoms with Crippen molar-refractivity contribution >= 4 is 11.6 Å². The number of halogens is 4. The third kappa shape index (κ3) is 4.44. The molecule has 0 heterocycles. The van der Waals surface area contributed by atoms with E-state index in [9.17, 15) is 13.2 Å². The van der Waals surface area contributed by atoms with Crippen molar-refractivity contribution in [2.75, 3.05) is 0 Å². The van der Waals surface area contributed by atoms with Crippen LogP contribution in [0.15, 0.2) is 36.4 Å². The summed E-state index contributed by atoms with van der Waals surface area (Å²) in [7, 11) is 0. The lowest BCUT2D eigenvalue weighted by molar-refractivity contribution is -0.274. The minimum atomic E-state index is -4.69. The van der Waals surface area contributed by atoms with Gasteiger partial charge in [0.25, 0.3) is 0 Å². The van der Waals surface area contributed by atoms with E-state index in [0.717, 1.165) is 29.5 Å². The SMILES string of the molecule is CCC(CC)c1ccc(Cl)cc1-c1ccc(OC(F)(F)F)c(C)c1. The van der Waals surface area contributed by atoms with Crippen LogP contribution in [0.25, 0.3) is 11.1 Å². The van der Waals surface area contributed by atoms with Crippen molar-refractivity contribution in [2.24, 2.45) is 0 Å². The maximum Gasteiger partial charge on any atom is 0.573 e. The maximum absolute atomic E-state index is 12.4. The van der Waals surface area contributed by atoms with Gasteiger partial charge in [-0.1, -0.05) is 37.6 Å². The molecule has 0 aromatic heterocycles. The Morgan fingerprint density at radius 1 is 1.04 bits per heavy atom. The molecule has 5 heteroatoms. The highest BCUT2D eigenvalue weighted by atomic mass is 35.5. The zero-order valence-electron chi connectivity index (χ0n) is 13.9. The van der Waals surface area contributed by atoms with Gasteiger partial charge in [0.1, 0.15) is 5.75 Å². The van der Waals surface area contributed by atoms with Gasteiger partial charge < -0.3 is 4.74 Å². The molecule has 0 radical (unpaired) electrons. The Kier molecular flexibility index (Phi) is 5.81. The van der Waals surface area contributed by atoms with Gasteiger partial charge in [-0.05, 0) is 72.2 Å². The molecule has 24 heavy (non-hydrogen) atoms. The summed E-state index contributed by atoms with van der Waals surface area (Å²) in [5.74, 6) is 0.195. The second kappa shape index (κ2) is 7.47. The molecular weight excluding hydrogens is 337 g/mol. The molecule has 0 atom stereocenters. The highest BCUT2D eigenvalue weighted by Gasteiger charge is 2.31. The Balaban J connectivity index is 2.48. The van der Waals surface area contributed by atoms with Crippen LogP contribution < -0.4 is 4.74 Å². The first-order valence-corrected chi connectivity index (χ1v) is 8.29. The Morgan fingerprint density at radius 2 is 1.71 bits per heavy atom. The minimum Gasteiger partial charge on any atom is -0.406 e. The van der Waals surface area contributed by atoms with E-state index >= 15 is 0 Å². The van der Waals surface area contributed by atoms with Crippen molar-refractivity contribution in [1.82, 2.24) is 0 Å². The van der Waals surface area contributed by atoms with Crippen LogP contribution in [-0.2, 0) is 0 Å². The number of ether oxygens (including phenoxy) is 1. The molecule has 0 spiro atoms. The number of aryl methyl sites for hydroxylation is 1. The van der Waals surface area contributed by atoms with E-state index < -0.39 is 6.36 Å². The summed E-state index contributed by atoms with van der Waals surface area (Å²) in [5.41, 5.74) is 3.39. The lowest BCUT2D eigenvalue weighted by atomic mass is 9.87. The summed E-state index contributed by atoms with van der Waals surface area (Å²) < 4.78 is 41.3. The van der Waals surface area contributed by atoms with Gasteiger partial charge >= 0.3 is 6.36 Å². The van der Waals surface area contributed by atoms with Crippen molar-refractivity contribution in [2.45, 2.75) is 45.9 Å². The van der Waals surface area contributed by atoms with Gasteiger partial charge in [0.2, 0.25) is 0 Å². The molecule has 2 aromatic rings. The van der Waals surface area contributed by atoms with Crippen LogP contribution in [0, 0.1) is 6.92 Å². The first-order chi connectivity index (χ1) is 11.2. The number of rotatable bonds is 5. The summed E-state index contributed by atoms with van der Waals surface area (Å²) >= 11 is 6.14. The Morgan fingerprint density at radius 3 is 2.25 bits per heavy atom. The molecule has 2 rings (SSSR count). The molecule has 0 bridgehead atoms. The van der Waals surface area contributed by atoms with Crippen LogP contribution in [0.5, 0.6) is 5.75 Å². The van der Waals surface area contributed by atoms with Crippen LogP contribution >= 0.6 is 11.6 Å². The molecule has 0 aliphatic heterocycles. The zero-order chi connectivity index (χ0) is 17.9. The number of alkyl halides is 3. The first-order valence-electron chi connectivity index (χ1n) is 7.91. The summed E-state index contributed by atoms with van der Waals surface area (Å²) in [6.45, 7) is 5.85. The van der Waals surface area contributed by atoms with E-state index in [-0.39, 0.29) is 5.75 Å². The first kappa shape index (κ1) is 18.7. The summed E-state index contributed by atoms with van der Waals surface area (Å²) in [4.78, 5) is 0. The van der Waals surface area contributed by atoms with E-state index in [1.807, 2.05) is 18.2 Å². The van der Waals surface area contributed by atoms with Crippen molar-refractivity contribution in [3.8, 4) is 16.9 Å². The summed E-state index contributed by atoms with van der Waals surface area (Å²) in [5, 5.41) is 0.605. The number of benzene rings is 2. The summed E-state index contributed by atoms with van der Waals surface area (Å²) in [6, 6.07) is 10.4. The largest absolute Gasteiger partial charge is 0.573 e. The molecule has 130 valence electrons. The summed E-state index contributed by atoms with van der Waals surface area (Å²) in [6.07, 6.45) is -2.72. The molecule has 0 amide bonds. The Labute approximate surface area is 145 Å². The lowest BCUT2D eigenvalue weighted by Gasteiger charge is -2.19. The molecule has 0 saturated carbocycles. The Bertz CT molecular complexity index is 706. The smallest absolute Gasteiger partial charge is 0.406 e. The average Bonchev–Trinajstić information content (AvgIpc) is 2.50. The molecule has 1 nitrogen and oxygen atoms in total. The van der Waals surface area contributed by atoms with Gasteiger partial charge in [-0.3, -0.25) is 0 Å². The van der Waals surface area contributed by atoms with Gasteiger partial charge in [0.05, 0.1) is 0 Å². The quantitative estimate of drug-likeness (QED) is 0.554. The fourth-order valence-corrected chi connectivity index (χ4v) is 3.09. The monoisotopic (exact) mass is 356 g/mol. The van der Waals surface area contributed by atoms with Crippen molar-refractivity contribution < 1.29 is 17.9 Å². The third-order valence-electron chi connectivity index (χ3n) is 4.15. The fourth-order valence-electron chi connectivity index (χ4n) is 2.92. The molecule has 0 unspecified atom stereocenters. The highest BCUT2D eigenvalue weighted by Crippen LogP contribution is 2.37. The van der Waals surface area contributed by atoms with Gasteiger partial charge in [0, 0.05) is 5.02 Å². The van der Waals surface area contributed by atoms with Crippen molar-refractivity contribution in [1.29, 1.82) is 0 Å². The maximum atomic E-state index is 12.4. The predicted octanol–water partition coefficient (Wildman–Crippen LogP) is 7.12. The van der Waals surface area contributed by atoms with E-state index in [1.165, 1.54) is 6.07 Å². The van der Waals surface area contributed by atoms with Crippen LogP contribution in [0.3, 0.4) is 0 Å². The van der Waals surface area contributed by atoms with Gasteiger partial charge in [-0.2, -0.15) is 0 Å². The zero-order valence-corrected chi connectivity index (χ0v) is 14.6. The molecular formula is C19H20ClF3O. The van der Waals surface area contributed by atoms with Crippen LogP contribution in [0.2, 0.25) is 5.02 Å². The standard InChI is InChI=1S/C19H20ClF3O/c1-4-13(5-2)16-8-7-15(20)11-17(16)14-6-9-18(12(3)10-14)24-19(21,22)23/h6-11,13H,4-5H2,1-3H3. The van der Waals surface area contributed by atoms with Crippen molar-refractivity contribution in [3.05, 3.63) is 52.5 Å². The van der Waals surface area contributed by atoms with E-state index in [0.29, 0.717) is 16.5 Å². The topological polar surface area (TPSA) is 9.23 Å². The number of hydrogen-bond acceptors (Lipinski definition) is 1. The molecule has 0 aliphatic rings. The second-order valence-electron chi connectivity index (χ2n) is 5.77. The minimum absolute atomic E-state index is 0.183. The van der Waals surface area contributed by atoms with Gasteiger partial charge in [-0.25, -0.2) is 0 Å². The van der Waals surface area contributed by atoms with Crippen molar-refractivity contribution in [3.63, 3.8) is 0 Å². The molecule has 0 N–H and O–H groups in total. The van der Waals surface area contributed by atoms with Gasteiger partial charge in [0.15, 0.2) is 0 Å². The third-order valence-corrected chi connectivity index (χ3v) is 4.39. The predicted molar refractivity (Wildman–Crippen MR) is 91.6 cm³/mol. The lowest BCUT2D eigenvalue weighted by Crippen LogP contribution is -2.17. The Hall–Kier alpha value is -1.68. The van der Waals surface area contributed by atoms with E-state index in [1.54, 1.807) is 19.1 Å². The fraction of sp³-hybridized carbons (Fsp3) is 0.368. The molecule has 0 saturated heterocycles. The second-order valence-corrected chi connectivity index (χ2v) is 6.21. The van der Waals surface area contributed by atoms with E-state index in [2.05, 4.69) is 18.6 Å². The van der Waals surface area contributed by atoms with Gasteiger partial charge in [-0.15, -0.1) is 13.2 Å².